The van der Waals surface area contributed by atoms with Crippen LogP contribution in [0.25, 0.3) is 0 Å². The average molecular weight is 164 g/mol. The van der Waals surface area contributed by atoms with Crippen molar-refractivity contribution < 1.29 is 9.50 Å². The highest BCUT2D eigenvalue weighted by atomic mass is 19.1. The van der Waals surface area contributed by atoms with E-state index in [1.54, 1.807) is 12.1 Å². The number of terminal acetylenes is 1. The monoisotopic (exact) mass is 164 g/mol. The number of hydrogen-bond acceptors (Lipinski definition) is 1. The molecule has 0 heterocycles. The van der Waals surface area contributed by atoms with Crippen LogP contribution < -0.4 is 0 Å². The van der Waals surface area contributed by atoms with E-state index < -0.39 is 6.10 Å². The van der Waals surface area contributed by atoms with Gasteiger partial charge in [0.15, 0.2) is 0 Å². The Balaban J connectivity index is 2.82. The van der Waals surface area contributed by atoms with Crippen molar-refractivity contribution in [1.82, 2.24) is 0 Å². The summed E-state index contributed by atoms with van der Waals surface area (Å²) in [4.78, 5) is 0. The summed E-state index contributed by atoms with van der Waals surface area (Å²) in [5.74, 6) is 1.96. The highest BCUT2D eigenvalue weighted by Crippen LogP contribution is 2.16. The Hall–Kier alpha value is -1.33. The summed E-state index contributed by atoms with van der Waals surface area (Å²) in [5.41, 5.74) is 0.521. The van der Waals surface area contributed by atoms with Crippen molar-refractivity contribution >= 4 is 0 Å². The van der Waals surface area contributed by atoms with E-state index in [2.05, 4.69) is 5.92 Å². The van der Waals surface area contributed by atoms with Crippen LogP contribution in [0, 0.1) is 18.2 Å². The van der Waals surface area contributed by atoms with Crippen LogP contribution in [0.5, 0.6) is 0 Å². The third-order valence-electron chi connectivity index (χ3n) is 1.54. The Kier molecular flexibility index (Phi) is 2.84. The van der Waals surface area contributed by atoms with E-state index in [-0.39, 0.29) is 12.2 Å². The van der Waals surface area contributed by atoms with Gasteiger partial charge in [-0.25, -0.2) is 4.39 Å². The molecule has 0 saturated heterocycles. The normalized spacial score (nSPS) is 12.1. The topological polar surface area (TPSA) is 20.2 Å². The van der Waals surface area contributed by atoms with Crippen LogP contribution in [0.2, 0.25) is 0 Å². The lowest BCUT2D eigenvalue weighted by Crippen LogP contribution is -1.95. The second kappa shape index (κ2) is 3.89. The molecule has 1 nitrogen and oxygen atoms in total. The zero-order valence-corrected chi connectivity index (χ0v) is 6.50. The zero-order valence-electron chi connectivity index (χ0n) is 6.50. The Bertz CT molecular complexity index is 301. The molecule has 0 saturated carbocycles. The smallest absolute Gasteiger partial charge is 0.123 e. The van der Waals surface area contributed by atoms with Crippen LogP contribution >= 0.6 is 0 Å². The van der Waals surface area contributed by atoms with Crippen molar-refractivity contribution in [2.45, 2.75) is 12.5 Å². The quantitative estimate of drug-likeness (QED) is 0.662. The summed E-state index contributed by atoms with van der Waals surface area (Å²) in [6.07, 6.45) is 4.45. The largest absolute Gasteiger partial charge is 0.387 e. The minimum Gasteiger partial charge on any atom is -0.387 e. The lowest BCUT2D eigenvalue weighted by Gasteiger charge is -2.06. The first-order chi connectivity index (χ1) is 5.74. The lowest BCUT2D eigenvalue weighted by molar-refractivity contribution is 0.183. The van der Waals surface area contributed by atoms with Crippen LogP contribution in [0.4, 0.5) is 4.39 Å². The fourth-order valence-electron chi connectivity index (χ4n) is 0.943. The van der Waals surface area contributed by atoms with Crippen molar-refractivity contribution in [2.24, 2.45) is 0 Å². The summed E-state index contributed by atoms with van der Waals surface area (Å²) in [6.45, 7) is 0. The number of aliphatic hydroxyl groups is 1. The number of rotatable bonds is 2. The van der Waals surface area contributed by atoms with Crippen LogP contribution in [-0.4, -0.2) is 5.11 Å². The van der Waals surface area contributed by atoms with Crippen molar-refractivity contribution in [2.75, 3.05) is 0 Å². The van der Waals surface area contributed by atoms with Gasteiger partial charge in [-0.1, -0.05) is 12.1 Å². The fourth-order valence-corrected chi connectivity index (χ4v) is 0.943. The molecule has 0 aliphatic heterocycles. The molecule has 1 rings (SSSR count). The van der Waals surface area contributed by atoms with E-state index >= 15 is 0 Å². The first kappa shape index (κ1) is 8.76. The second-order valence-electron chi connectivity index (χ2n) is 2.48. The van der Waals surface area contributed by atoms with Crippen molar-refractivity contribution in [3.8, 4) is 12.3 Å². The molecule has 0 amide bonds. The second-order valence-corrected chi connectivity index (χ2v) is 2.48. The molecule has 1 N–H and O–H groups in total. The van der Waals surface area contributed by atoms with E-state index in [0.717, 1.165) is 0 Å². The van der Waals surface area contributed by atoms with Gasteiger partial charge in [0, 0.05) is 6.42 Å². The Morgan fingerprint density at radius 1 is 1.58 bits per heavy atom. The van der Waals surface area contributed by atoms with Gasteiger partial charge in [-0.2, -0.15) is 0 Å². The molecular weight excluding hydrogens is 155 g/mol. The van der Waals surface area contributed by atoms with Crippen molar-refractivity contribution in [3.05, 3.63) is 35.6 Å². The lowest BCUT2D eigenvalue weighted by atomic mass is 10.1. The van der Waals surface area contributed by atoms with Crippen LogP contribution in [0.3, 0.4) is 0 Å². The molecule has 0 aliphatic rings. The Morgan fingerprint density at radius 3 is 2.92 bits per heavy atom. The first-order valence-electron chi connectivity index (χ1n) is 3.61. The minimum atomic E-state index is -0.759. The molecule has 0 spiro atoms. The number of halogens is 1. The molecule has 0 aromatic heterocycles. The SMILES string of the molecule is C#CC[C@H](O)c1cccc(F)c1. The van der Waals surface area contributed by atoms with E-state index in [4.69, 9.17) is 6.42 Å². The summed E-state index contributed by atoms with van der Waals surface area (Å²) in [7, 11) is 0. The molecule has 1 aromatic carbocycles. The number of hydrogen-bond donors (Lipinski definition) is 1. The van der Waals surface area contributed by atoms with Crippen LogP contribution in [0.15, 0.2) is 24.3 Å². The molecule has 0 unspecified atom stereocenters. The van der Waals surface area contributed by atoms with E-state index in [9.17, 15) is 9.50 Å². The molecule has 0 radical (unpaired) electrons. The van der Waals surface area contributed by atoms with Gasteiger partial charge >= 0.3 is 0 Å². The molecule has 1 atom stereocenters. The van der Waals surface area contributed by atoms with E-state index in [1.807, 2.05) is 0 Å². The summed E-state index contributed by atoms with van der Waals surface area (Å²) >= 11 is 0. The maximum absolute atomic E-state index is 12.6. The van der Waals surface area contributed by atoms with Gasteiger partial charge in [0.1, 0.15) is 5.82 Å². The Labute approximate surface area is 70.9 Å². The van der Waals surface area contributed by atoms with Gasteiger partial charge in [-0.05, 0) is 17.7 Å². The maximum Gasteiger partial charge on any atom is 0.123 e. The van der Waals surface area contributed by atoms with E-state index in [0.29, 0.717) is 5.56 Å². The van der Waals surface area contributed by atoms with Gasteiger partial charge in [0.05, 0.1) is 6.10 Å². The van der Waals surface area contributed by atoms with Gasteiger partial charge in [-0.3, -0.25) is 0 Å². The third-order valence-corrected chi connectivity index (χ3v) is 1.54. The number of benzene rings is 1. The van der Waals surface area contributed by atoms with Gasteiger partial charge < -0.3 is 5.11 Å². The summed E-state index contributed by atoms with van der Waals surface area (Å²) < 4.78 is 12.6. The summed E-state index contributed by atoms with van der Waals surface area (Å²) in [6, 6.07) is 5.80. The van der Waals surface area contributed by atoms with E-state index in [1.165, 1.54) is 12.1 Å². The molecule has 2 heteroatoms. The number of aliphatic hydroxyl groups excluding tert-OH is 1. The van der Waals surface area contributed by atoms with Crippen molar-refractivity contribution in [3.63, 3.8) is 0 Å². The first-order valence-corrected chi connectivity index (χ1v) is 3.61. The predicted molar refractivity (Wildman–Crippen MR) is 44.8 cm³/mol. The third kappa shape index (κ3) is 2.08. The molecule has 1 aromatic rings. The van der Waals surface area contributed by atoms with Gasteiger partial charge in [0.25, 0.3) is 0 Å². The standard InChI is InChI=1S/C10H9FO/c1-2-4-10(12)8-5-3-6-9(11)7-8/h1,3,5-7,10,12H,4H2/t10-/m0/s1. The highest BCUT2D eigenvalue weighted by Gasteiger charge is 2.05. The molecule has 12 heavy (non-hydrogen) atoms. The maximum atomic E-state index is 12.6. The van der Waals surface area contributed by atoms with Crippen molar-refractivity contribution in [1.29, 1.82) is 0 Å². The molecule has 0 aliphatic carbocycles. The predicted octanol–water partition coefficient (Wildman–Crippen LogP) is 1.88. The molecule has 62 valence electrons. The zero-order chi connectivity index (χ0) is 8.97. The minimum absolute atomic E-state index is 0.212. The van der Waals surface area contributed by atoms with Crippen LogP contribution in [0.1, 0.15) is 18.1 Å². The fraction of sp³-hybridized carbons (Fsp3) is 0.200. The van der Waals surface area contributed by atoms with Gasteiger partial charge in [0.2, 0.25) is 0 Å². The Morgan fingerprint density at radius 2 is 2.33 bits per heavy atom. The molecule has 0 bridgehead atoms. The highest BCUT2D eigenvalue weighted by molar-refractivity contribution is 5.19. The summed E-state index contributed by atoms with van der Waals surface area (Å²) in [5, 5.41) is 9.34. The van der Waals surface area contributed by atoms with Gasteiger partial charge in [-0.15, -0.1) is 12.3 Å². The molecular formula is C10H9FO. The molecule has 0 fully saturated rings. The average Bonchev–Trinajstić information content (AvgIpc) is 2.05. The van der Waals surface area contributed by atoms with Crippen LogP contribution in [-0.2, 0) is 0 Å².